The van der Waals surface area contributed by atoms with Gasteiger partial charge < -0.3 is 9.47 Å². The van der Waals surface area contributed by atoms with Crippen LogP contribution in [0.25, 0.3) is 0 Å². The van der Waals surface area contributed by atoms with Crippen LogP contribution in [0, 0.1) is 20.8 Å². The molecule has 1 saturated heterocycles. The maximum atomic E-state index is 12.2. The summed E-state index contributed by atoms with van der Waals surface area (Å²) < 4.78 is 10.8. The van der Waals surface area contributed by atoms with Gasteiger partial charge in [0.25, 0.3) is 0 Å². The molecule has 0 bridgehead atoms. The highest BCUT2D eigenvalue weighted by Crippen LogP contribution is 2.18. The van der Waals surface area contributed by atoms with Crippen LogP contribution < -0.4 is 0 Å². The van der Waals surface area contributed by atoms with Crippen molar-refractivity contribution in [3.05, 3.63) is 34.4 Å². The van der Waals surface area contributed by atoms with E-state index in [2.05, 4.69) is 0 Å². The third kappa shape index (κ3) is 2.98. The number of ketones is 1. The molecule has 1 atom stereocenters. The molecule has 2 rings (SSSR count). The Morgan fingerprint density at radius 2 is 2.00 bits per heavy atom. The fourth-order valence-electron chi connectivity index (χ4n) is 2.53. The lowest BCUT2D eigenvalue weighted by Crippen LogP contribution is -2.19. The van der Waals surface area contributed by atoms with Gasteiger partial charge >= 0.3 is 0 Å². The van der Waals surface area contributed by atoms with Crippen molar-refractivity contribution in [1.82, 2.24) is 0 Å². The van der Waals surface area contributed by atoms with Gasteiger partial charge in [0.2, 0.25) is 0 Å². The number of benzene rings is 1. The molecule has 0 saturated carbocycles. The Morgan fingerprint density at radius 3 is 2.56 bits per heavy atom. The molecule has 3 heteroatoms. The van der Waals surface area contributed by atoms with Crippen molar-refractivity contribution in [2.75, 3.05) is 19.8 Å². The van der Waals surface area contributed by atoms with Crippen LogP contribution in [0.4, 0.5) is 0 Å². The van der Waals surface area contributed by atoms with Gasteiger partial charge in [0.1, 0.15) is 6.61 Å². The summed E-state index contributed by atoms with van der Waals surface area (Å²) in [6.45, 7) is 7.50. The van der Waals surface area contributed by atoms with Crippen molar-refractivity contribution in [2.45, 2.75) is 33.3 Å². The summed E-state index contributed by atoms with van der Waals surface area (Å²) >= 11 is 0. The van der Waals surface area contributed by atoms with Crippen LogP contribution in [-0.2, 0) is 9.47 Å². The number of ether oxygens (including phenoxy) is 2. The Morgan fingerprint density at radius 1 is 1.33 bits per heavy atom. The predicted molar refractivity (Wildman–Crippen MR) is 70.2 cm³/mol. The minimum Gasteiger partial charge on any atom is -0.379 e. The van der Waals surface area contributed by atoms with Crippen molar-refractivity contribution in [3.63, 3.8) is 0 Å². The minimum absolute atomic E-state index is 0.0666. The molecule has 1 unspecified atom stereocenters. The minimum atomic E-state index is 0.0666. The second kappa shape index (κ2) is 5.63. The normalized spacial score (nSPS) is 19.2. The molecule has 1 heterocycles. The van der Waals surface area contributed by atoms with E-state index in [0.717, 1.165) is 29.7 Å². The molecule has 18 heavy (non-hydrogen) atoms. The first-order valence-electron chi connectivity index (χ1n) is 6.38. The molecule has 1 aromatic rings. The fraction of sp³-hybridized carbons (Fsp3) is 0.533. The Labute approximate surface area is 108 Å². The van der Waals surface area contributed by atoms with Crippen LogP contribution >= 0.6 is 0 Å². The SMILES string of the molecule is Cc1cc(C)c(C(=O)COC2CCOC2)c(C)c1. The quantitative estimate of drug-likeness (QED) is 0.768. The molecule has 0 aromatic heterocycles. The maximum absolute atomic E-state index is 12.2. The summed E-state index contributed by atoms with van der Waals surface area (Å²) in [5, 5.41) is 0. The van der Waals surface area contributed by atoms with E-state index in [-0.39, 0.29) is 18.5 Å². The van der Waals surface area contributed by atoms with Gasteiger partial charge in [0.05, 0.1) is 12.7 Å². The standard InChI is InChI=1S/C15H20O3/c1-10-6-11(2)15(12(3)7-10)14(16)9-18-13-4-5-17-8-13/h6-7,13H,4-5,8-9H2,1-3H3. The monoisotopic (exact) mass is 248 g/mol. The summed E-state index contributed by atoms with van der Waals surface area (Å²) in [5.74, 6) is 0.0666. The number of carbonyl (C=O) groups excluding carboxylic acids is 1. The highest BCUT2D eigenvalue weighted by molar-refractivity contribution is 5.99. The molecule has 0 spiro atoms. The summed E-state index contributed by atoms with van der Waals surface area (Å²) in [5.41, 5.74) is 4.05. The van der Waals surface area contributed by atoms with Crippen LogP contribution in [0.1, 0.15) is 33.5 Å². The van der Waals surface area contributed by atoms with Gasteiger partial charge in [-0.05, 0) is 38.3 Å². The number of rotatable bonds is 4. The predicted octanol–water partition coefficient (Wildman–Crippen LogP) is 2.60. The maximum Gasteiger partial charge on any atom is 0.189 e. The molecule has 1 aliphatic rings. The fourth-order valence-corrected chi connectivity index (χ4v) is 2.53. The topological polar surface area (TPSA) is 35.5 Å². The van der Waals surface area contributed by atoms with Crippen molar-refractivity contribution in [3.8, 4) is 0 Å². The number of aryl methyl sites for hydroxylation is 3. The van der Waals surface area contributed by atoms with E-state index >= 15 is 0 Å². The summed E-state index contributed by atoms with van der Waals surface area (Å²) in [7, 11) is 0. The number of hydrogen-bond acceptors (Lipinski definition) is 3. The van der Waals surface area contributed by atoms with E-state index < -0.39 is 0 Å². The van der Waals surface area contributed by atoms with Gasteiger partial charge in [-0.3, -0.25) is 4.79 Å². The van der Waals surface area contributed by atoms with Crippen LogP contribution in [0.2, 0.25) is 0 Å². The lowest BCUT2D eigenvalue weighted by molar-refractivity contribution is 0.0389. The molecule has 0 radical (unpaired) electrons. The molecule has 98 valence electrons. The van der Waals surface area contributed by atoms with Crippen molar-refractivity contribution < 1.29 is 14.3 Å². The largest absolute Gasteiger partial charge is 0.379 e. The lowest BCUT2D eigenvalue weighted by Gasteiger charge is -2.12. The average molecular weight is 248 g/mol. The Bertz CT molecular complexity index is 422. The summed E-state index contributed by atoms with van der Waals surface area (Å²) in [6.07, 6.45) is 0.971. The van der Waals surface area contributed by atoms with Gasteiger partial charge in [-0.2, -0.15) is 0 Å². The molecular weight excluding hydrogens is 228 g/mol. The lowest BCUT2D eigenvalue weighted by atomic mass is 9.97. The molecule has 1 fully saturated rings. The van der Waals surface area contributed by atoms with Crippen molar-refractivity contribution >= 4 is 5.78 Å². The second-order valence-corrected chi connectivity index (χ2v) is 4.99. The second-order valence-electron chi connectivity index (χ2n) is 4.99. The molecule has 1 aliphatic heterocycles. The van der Waals surface area contributed by atoms with E-state index in [0.29, 0.717) is 6.61 Å². The van der Waals surface area contributed by atoms with Crippen molar-refractivity contribution in [2.24, 2.45) is 0 Å². The first-order valence-corrected chi connectivity index (χ1v) is 6.38. The van der Waals surface area contributed by atoms with E-state index in [1.807, 2.05) is 32.9 Å². The summed E-state index contributed by atoms with van der Waals surface area (Å²) in [4.78, 5) is 12.2. The average Bonchev–Trinajstić information content (AvgIpc) is 2.77. The molecule has 0 amide bonds. The van der Waals surface area contributed by atoms with Gasteiger partial charge in [-0.15, -0.1) is 0 Å². The van der Waals surface area contributed by atoms with Crippen LogP contribution in [-0.4, -0.2) is 31.7 Å². The molecular formula is C15H20O3. The molecule has 0 N–H and O–H groups in total. The van der Waals surface area contributed by atoms with Crippen LogP contribution in [0.3, 0.4) is 0 Å². The van der Waals surface area contributed by atoms with Gasteiger partial charge in [0, 0.05) is 12.2 Å². The zero-order valence-corrected chi connectivity index (χ0v) is 11.3. The Balaban J connectivity index is 2.04. The Hall–Kier alpha value is -1.19. The van der Waals surface area contributed by atoms with Crippen LogP contribution in [0.5, 0.6) is 0 Å². The molecule has 0 aliphatic carbocycles. The van der Waals surface area contributed by atoms with E-state index in [1.165, 1.54) is 5.56 Å². The van der Waals surface area contributed by atoms with E-state index in [9.17, 15) is 4.79 Å². The third-order valence-electron chi connectivity index (χ3n) is 3.29. The van der Waals surface area contributed by atoms with E-state index in [1.54, 1.807) is 0 Å². The smallest absolute Gasteiger partial charge is 0.189 e. The van der Waals surface area contributed by atoms with Gasteiger partial charge in [-0.25, -0.2) is 0 Å². The highest BCUT2D eigenvalue weighted by Gasteiger charge is 2.19. The molecule has 3 nitrogen and oxygen atoms in total. The van der Waals surface area contributed by atoms with Crippen LogP contribution in [0.15, 0.2) is 12.1 Å². The first-order chi connectivity index (χ1) is 8.58. The number of carbonyl (C=O) groups is 1. The zero-order valence-electron chi connectivity index (χ0n) is 11.3. The van der Waals surface area contributed by atoms with Crippen molar-refractivity contribution in [1.29, 1.82) is 0 Å². The number of Topliss-reactive ketones (excluding diaryl/α,β-unsaturated/α-hetero) is 1. The van der Waals surface area contributed by atoms with E-state index in [4.69, 9.17) is 9.47 Å². The first kappa shape index (κ1) is 13.2. The zero-order chi connectivity index (χ0) is 13.1. The highest BCUT2D eigenvalue weighted by atomic mass is 16.5. The third-order valence-corrected chi connectivity index (χ3v) is 3.29. The Kier molecular flexibility index (Phi) is 4.15. The van der Waals surface area contributed by atoms with Gasteiger partial charge in [-0.1, -0.05) is 17.7 Å². The number of hydrogen-bond donors (Lipinski definition) is 0. The summed E-state index contributed by atoms with van der Waals surface area (Å²) in [6, 6.07) is 4.08. The van der Waals surface area contributed by atoms with Gasteiger partial charge in [0.15, 0.2) is 5.78 Å². The molecule has 1 aromatic carbocycles.